The van der Waals surface area contributed by atoms with Gasteiger partial charge in [0.25, 0.3) is 5.91 Å². The van der Waals surface area contributed by atoms with E-state index in [1.54, 1.807) is 24.3 Å². The van der Waals surface area contributed by atoms with Crippen molar-refractivity contribution in [1.29, 1.82) is 5.26 Å². The molecule has 0 spiro atoms. The number of nitrogens with zero attached hydrogens (tertiary/aromatic N) is 1. The lowest BCUT2D eigenvalue weighted by Crippen LogP contribution is -2.29. The number of nitriles is 1. The van der Waals surface area contributed by atoms with Crippen molar-refractivity contribution in [2.75, 3.05) is 5.32 Å². The second kappa shape index (κ2) is 9.75. The molecule has 30 heavy (non-hydrogen) atoms. The molecule has 6 heteroatoms. The Balaban J connectivity index is 1.69. The van der Waals surface area contributed by atoms with E-state index in [9.17, 15) is 14.9 Å². The van der Waals surface area contributed by atoms with Crippen molar-refractivity contribution in [1.82, 2.24) is 5.32 Å². The quantitative estimate of drug-likeness (QED) is 0.484. The van der Waals surface area contributed by atoms with Crippen molar-refractivity contribution in [3.8, 4) is 6.07 Å². The summed E-state index contributed by atoms with van der Waals surface area (Å²) >= 11 is 0. The van der Waals surface area contributed by atoms with Crippen LogP contribution in [-0.4, -0.2) is 11.8 Å². The molecule has 2 aromatic carbocycles. The van der Waals surface area contributed by atoms with Crippen molar-refractivity contribution in [2.24, 2.45) is 5.73 Å². The minimum absolute atomic E-state index is 0.0228. The predicted molar refractivity (Wildman–Crippen MR) is 117 cm³/mol. The van der Waals surface area contributed by atoms with Crippen LogP contribution in [0.5, 0.6) is 0 Å². The minimum atomic E-state index is -0.512. The van der Waals surface area contributed by atoms with Crippen molar-refractivity contribution in [2.45, 2.75) is 45.1 Å². The molecule has 0 bridgehead atoms. The molecule has 0 radical (unpaired) electrons. The van der Waals surface area contributed by atoms with E-state index in [0.29, 0.717) is 11.3 Å². The van der Waals surface area contributed by atoms with E-state index in [1.165, 1.54) is 30.2 Å². The van der Waals surface area contributed by atoms with Crippen LogP contribution in [0.2, 0.25) is 0 Å². The third-order valence-corrected chi connectivity index (χ3v) is 5.41. The lowest BCUT2D eigenvalue weighted by Gasteiger charge is -2.21. The molecular formula is C24H26N4O2. The van der Waals surface area contributed by atoms with E-state index in [0.717, 1.165) is 24.8 Å². The maximum Gasteiger partial charge on any atom is 0.263 e. The van der Waals surface area contributed by atoms with Crippen LogP contribution < -0.4 is 16.4 Å². The standard InChI is InChI=1S/C24H26N4O2/c1-2-22(19-8-7-16-5-3-4-6-18(16)13-19)28-24(30)20(14-25)15-27-21-11-9-17(10-12-21)23(26)29/h7-13,15,22,27H,2-6H2,1H3,(H2,26,29)(H,28,30)/b20-15-. The largest absolute Gasteiger partial charge is 0.366 e. The molecule has 1 aliphatic rings. The molecule has 0 aromatic heterocycles. The molecule has 3 rings (SSSR count). The summed E-state index contributed by atoms with van der Waals surface area (Å²) in [7, 11) is 0. The van der Waals surface area contributed by atoms with Crippen LogP contribution in [0.4, 0.5) is 5.69 Å². The number of rotatable bonds is 7. The monoisotopic (exact) mass is 402 g/mol. The fourth-order valence-corrected chi connectivity index (χ4v) is 3.66. The minimum Gasteiger partial charge on any atom is -0.366 e. The number of nitrogens with one attached hydrogen (secondary N) is 2. The number of primary amides is 1. The molecular weight excluding hydrogens is 376 g/mol. The zero-order chi connectivity index (χ0) is 21.5. The van der Waals surface area contributed by atoms with Gasteiger partial charge >= 0.3 is 0 Å². The molecule has 4 N–H and O–H groups in total. The third-order valence-electron chi connectivity index (χ3n) is 5.41. The van der Waals surface area contributed by atoms with E-state index in [4.69, 9.17) is 5.73 Å². The van der Waals surface area contributed by atoms with Crippen molar-refractivity contribution in [3.63, 3.8) is 0 Å². The maximum atomic E-state index is 12.7. The lowest BCUT2D eigenvalue weighted by atomic mass is 9.88. The topological polar surface area (TPSA) is 108 Å². The molecule has 1 atom stereocenters. The Hall–Kier alpha value is -3.59. The first kappa shape index (κ1) is 21.1. The molecule has 0 fully saturated rings. The first-order valence-corrected chi connectivity index (χ1v) is 10.2. The molecule has 2 aromatic rings. The van der Waals surface area contributed by atoms with Gasteiger partial charge in [-0.2, -0.15) is 5.26 Å². The summed E-state index contributed by atoms with van der Waals surface area (Å²) in [5.41, 5.74) is 10.1. The number of benzene rings is 2. The van der Waals surface area contributed by atoms with Crippen molar-refractivity contribution in [3.05, 3.63) is 76.5 Å². The number of carbonyl (C=O) groups excluding carboxylic acids is 2. The van der Waals surface area contributed by atoms with Crippen LogP contribution >= 0.6 is 0 Å². The second-order valence-electron chi connectivity index (χ2n) is 7.43. The Bertz CT molecular complexity index is 1000. The Morgan fingerprint density at radius 2 is 1.83 bits per heavy atom. The fraction of sp³-hybridized carbons (Fsp3) is 0.292. The maximum absolute atomic E-state index is 12.7. The van der Waals surface area contributed by atoms with Gasteiger partial charge in [-0.05, 0) is 73.1 Å². The number of fused-ring (bicyclic) bond motifs is 1. The van der Waals surface area contributed by atoms with E-state index in [-0.39, 0.29) is 11.6 Å². The Labute approximate surface area is 176 Å². The summed E-state index contributed by atoms with van der Waals surface area (Å²) in [4.78, 5) is 23.8. The van der Waals surface area contributed by atoms with Crippen molar-refractivity contribution < 1.29 is 9.59 Å². The molecule has 0 saturated carbocycles. The van der Waals surface area contributed by atoms with Gasteiger partial charge in [-0.15, -0.1) is 0 Å². The van der Waals surface area contributed by atoms with Gasteiger partial charge in [0, 0.05) is 17.5 Å². The van der Waals surface area contributed by atoms with Crippen LogP contribution in [-0.2, 0) is 17.6 Å². The number of anilines is 1. The molecule has 2 amide bonds. The van der Waals surface area contributed by atoms with Crippen LogP contribution in [0.25, 0.3) is 0 Å². The molecule has 1 aliphatic carbocycles. The zero-order valence-electron chi connectivity index (χ0n) is 17.1. The Morgan fingerprint density at radius 1 is 1.13 bits per heavy atom. The average molecular weight is 402 g/mol. The zero-order valence-corrected chi connectivity index (χ0v) is 17.1. The summed E-state index contributed by atoms with van der Waals surface area (Å²) in [6, 6.07) is 14.7. The molecule has 0 aliphatic heterocycles. The third kappa shape index (κ3) is 5.06. The number of hydrogen-bond acceptors (Lipinski definition) is 4. The van der Waals surface area contributed by atoms with Crippen LogP contribution in [0.3, 0.4) is 0 Å². The second-order valence-corrected chi connectivity index (χ2v) is 7.43. The van der Waals surface area contributed by atoms with Crippen LogP contribution in [0.1, 0.15) is 59.3 Å². The van der Waals surface area contributed by atoms with E-state index >= 15 is 0 Å². The smallest absolute Gasteiger partial charge is 0.263 e. The van der Waals surface area contributed by atoms with Gasteiger partial charge in [0.05, 0.1) is 6.04 Å². The highest BCUT2D eigenvalue weighted by atomic mass is 16.2. The molecule has 0 heterocycles. The van der Waals surface area contributed by atoms with E-state index < -0.39 is 11.8 Å². The van der Waals surface area contributed by atoms with Gasteiger partial charge in [0.1, 0.15) is 11.6 Å². The summed E-state index contributed by atoms with van der Waals surface area (Å²) in [5, 5.41) is 15.3. The summed E-state index contributed by atoms with van der Waals surface area (Å²) in [5.74, 6) is -0.940. The predicted octanol–water partition coefficient (Wildman–Crippen LogP) is 3.75. The number of amides is 2. The molecule has 0 saturated heterocycles. The highest BCUT2D eigenvalue weighted by molar-refractivity contribution is 5.98. The highest BCUT2D eigenvalue weighted by Gasteiger charge is 2.18. The molecule has 1 unspecified atom stereocenters. The first-order valence-electron chi connectivity index (χ1n) is 10.2. The number of nitrogens with two attached hydrogens (primary N) is 1. The Kier molecular flexibility index (Phi) is 6.87. The van der Waals surface area contributed by atoms with Crippen LogP contribution in [0, 0.1) is 11.3 Å². The van der Waals surface area contributed by atoms with E-state index in [1.807, 2.05) is 13.0 Å². The fourth-order valence-electron chi connectivity index (χ4n) is 3.66. The average Bonchev–Trinajstić information content (AvgIpc) is 2.77. The highest BCUT2D eigenvalue weighted by Crippen LogP contribution is 2.26. The molecule has 154 valence electrons. The normalized spacial score (nSPS) is 14.2. The first-order chi connectivity index (χ1) is 14.5. The van der Waals surface area contributed by atoms with Crippen LogP contribution in [0.15, 0.2) is 54.2 Å². The van der Waals surface area contributed by atoms with Gasteiger partial charge in [0.2, 0.25) is 5.91 Å². The van der Waals surface area contributed by atoms with Gasteiger partial charge in [-0.3, -0.25) is 9.59 Å². The Morgan fingerprint density at radius 3 is 2.47 bits per heavy atom. The summed E-state index contributed by atoms with van der Waals surface area (Å²) < 4.78 is 0. The number of carbonyl (C=O) groups is 2. The van der Waals surface area contributed by atoms with Gasteiger partial charge < -0.3 is 16.4 Å². The molecule has 6 nitrogen and oxygen atoms in total. The van der Waals surface area contributed by atoms with E-state index in [2.05, 4.69) is 28.8 Å². The van der Waals surface area contributed by atoms with Gasteiger partial charge in [0.15, 0.2) is 0 Å². The van der Waals surface area contributed by atoms with Crippen molar-refractivity contribution >= 4 is 17.5 Å². The summed E-state index contributed by atoms with van der Waals surface area (Å²) in [6.45, 7) is 2.01. The van der Waals surface area contributed by atoms with Gasteiger partial charge in [-0.1, -0.05) is 25.1 Å². The SMILES string of the molecule is CCC(NC(=O)/C(C#N)=C\Nc1ccc(C(N)=O)cc1)c1ccc2c(c1)CCCC2. The van der Waals surface area contributed by atoms with Gasteiger partial charge in [-0.25, -0.2) is 0 Å². The lowest BCUT2D eigenvalue weighted by molar-refractivity contribution is -0.117. The summed E-state index contributed by atoms with van der Waals surface area (Å²) in [6.07, 6.45) is 6.73. The number of aryl methyl sites for hydroxylation is 2. The number of hydrogen-bond donors (Lipinski definition) is 3.